The number of hydrogen-bond acceptors (Lipinski definition) is 5. The van der Waals surface area contributed by atoms with Crippen LogP contribution in [0.3, 0.4) is 0 Å². The first kappa shape index (κ1) is 9.68. The molecule has 2 N–H and O–H groups in total. The normalized spacial score (nSPS) is 39.1. The summed E-state index contributed by atoms with van der Waals surface area (Å²) in [6.45, 7) is 4.19. The van der Waals surface area contributed by atoms with Gasteiger partial charge in [-0.25, -0.2) is 4.79 Å². The molecule has 2 heterocycles. The maximum absolute atomic E-state index is 10.3. The molecular weight excluding hydrogens is 186 g/mol. The van der Waals surface area contributed by atoms with Crippen LogP contribution in [-0.2, 0) is 14.3 Å². The fourth-order valence-corrected chi connectivity index (χ4v) is 1.98. The van der Waals surface area contributed by atoms with Gasteiger partial charge in [0, 0.05) is 6.54 Å². The molecule has 2 aliphatic rings. The van der Waals surface area contributed by atoms with Crippen LogP contribution in [0.1, 0.15) is 13.8 Å². The molecule has 2 aliphatic heterocycles. The van der Waals surface area contributed by atoms with E-state index in [4.69, 9.17) is 9.47 Å². The first-order chi connectivity index (χ1) is 6.53. The minimum absolute atomic E-state index is 0.106. The van der Waals surface area contributed by atoms with Crippen molar-refractivity contribution < 1.29 is 19.4 Å². The van der Waals surface area contributed by atoms with Gasteiger partial charge in [0.25, 0.3) is 0 Å². The number of ether oxygens (including phenoxy) is 2. The smallest absolute Gasteiger partial charge is 0.197 e. The zero-order valence-electron chi connectivity index (χ0n) is 8.11. The second-order valence-corrected chi connectivity index (χ2v) is 4.01. The van der Waals surface area contributed by atoms with Crippen LogP contribution in [0.4, 0.5) is 0 Å². The maximum Gasteiger partial charge on any atom is 0.197 e. The minimum atomic E-state index is -0.640. The molecular formula is C9H13NO4. The molecule has 3 unspecified atom stereocenters. The third kappa shape index (κ3) is 1.44. The molecule has 0 aromatic carbocycles. The molecule has 0 bridgehead atoms. The Bertz CT molecular complexity index is 295. The van der Waals surface area contributed by atoms with Crippen molar-refractivity contribution in [2.75, 3.05) is 6.54 Å². The van der Waals surface area contributed by atoms with Crippen molar-refractivity contribution in [2.45, 2.75) is 37.9 Å². The Morgan fingerprint density at radius 1 is 1.57 bits per heavy atom. The van der Waals surface area contributed by atoms with Crippen LogP contribution in [0, 0.1) is 0 Å². The summed E-state index contributed by atoms with van der Waals surface area (Å²) >= 11 is 0. The van der Waals surface area contributed by atoms with Gasteiger partial charge >= 0.3 is 0 Å². The second-order valence-electron chi connectivity index (χ2n) is 4.01. The summed E-state index contributed by atoms with van der Waals surface area (Å²) in [5, 5.41) is 12.2. The van der Waals surface area contributed by atoms with Gasteiger partial charge < -0.3 is 19.9 Å². The van der Waals surface area contributed by atoms with E-state index in [1.54, 1.807) is 0 Å². The maximum atomic E-state index is 10.3. The van der Waals surface area contributed by atoms with Gasteiger partial charge in [0.2, 0.25) is 0 Å². The Morgan fingerprint density at radius 3 is 2.93 bits per heavy atom. The van der Waals surface area contributed by atoms with E-state index in [1.807, 2.05) is 13.8 Å². The molecule has 14 heavy (non-hydrogen) atoms. The van der Waals surface area contributed by atoms with Gasteiger partial charge in [0.1, 0.15) is 18.2 Å². The molecule has 0 aromatic heterocycles. The van der Waals surface area contributed by atoms with E-state index >= 15 is 0 Å². The molecule has 0 radical (unpaired) electrons. The Kier molecular flexibility index (Phi) is 2.12. The third-order valence-corrected chi connectivity index (χ3v) is 2.49. The van der Waals surface area contributed by atoms with Crippen molar-refractivity contribution in [3.8, 4) is 0 Å². The SMILES string of the molecule is CC1(C)OC2CNC(C(O)=C=O)C2O1. The van der Waals surface area contributed by atoms with E-state index in [0.717, 1.165) is 0 Å². The molecule has 0 saturated carbocycles. The van der Waals surface area contributed by atoms with Crippen LogP contribution in [0.15, 0.2) is 5.76 Å². The van der Waals surface area contributed by atoms with Gasteiger partial charge in [-0.2, -0.15) is 0 Å². The average Bonchev–Trinajstić information content (AvgIpc) is 2.58. The molecule has 0 aromatic rings. The van der Waals surface area contributed by atoms with Gasteiger partial charge in [-0.3, -0.25) is 0 Å². The highest BCUT2D eigenvalue weighted by Gasteiger charge is 2.50. The van der Waals surface area contributed by atoms with E-state index in [0.29, 0.717) is 6.54 Å². The van der Waals surface area contributed by atoms with E-state index in [2.05, 4.69) is 5.32 Å². The molecule has 5 heteroatoms. The molecule has 2 fully saturated rings. The monoisotopic (exact) mass is 199 g/mol. The third-order valence-electron chi connectivity index (χ3n) is 2.49. The summed E-state index contributed by atoms with van der Waals surface area (Å²) < 4.78 is 11.1. The van der Waals surface area contributed by atoms with Crippen molar-refractivity contribution in [3.63, 3.8) is 0 Å². The molecule has 0 aliphatic carbocycles. The molecule has 3 atom stereocenters. The number of hydrogen-bond donors (Lipinski definition) is 2. The predicted molar refractivity (Wildman–Crippen MR) is 47.5 cm³/mol. The van der Waals surface area contributed by atoms with Crippen LogP contribution in [0.5, 0.6) is 0 Å². The first-order valence-electron chi connectivity index (χ1n) is 4.56. The predicted octanol–water partition coefficient (Wildman–Crippen LogP) is -0.248. The summed E-state index contributed by atoms with van der Waals surface area (Å²) in [4.78, 5) is 10.3. The van der Waals surface area contributed by atoms with Gasteiger partial charge in [-0.1, -0.05) is 0 Å². The molecule has 2 rings (SSSR count). The number of carbonyl (C=O) groups excluding carboxylic acids is 1. The second kappa shape index (κ2) is 3.07. The van der Waals surface area contributed by atoms with Crippen molar-refractivity contribution in [2.24, 2.45) is 0 Å². The van der Waals surface area contributed by atoms with E-state index in [-0.39, 0.29) is 18.0 Å². The molecule has 2 saturated heterocycles. The summed E-state index contributed by atoms with van der Waals surface area (Å²) in [6.07, 6.45) is -0.406. The van der Waals surface area contributed by atoms with Crippen molar-refractivity contribution in [3.05, 3.63) is 5.76 Å². The number of fused-ring (bicyclic) bond motifs is 1. The van der Waals surface area contributed by atoms with Gasteiger partial charge in [0.05, 0.1) is 0 Å². The van der Waals surface area contributed by atoms with Crippen LogP contribution in [0.25, 0.3) is 0 Å². The highest BCUT2D eigenvalue weighted by atomic mass is 16.8. The van der Waals surface area contributed by atoms with Crippen LogP contribution >= 0.6 is 0 Å². The van der Waals surface area contributed by atoms with Crippen molar-refractivity contribution >= 4 is 5.94 Å². The van der Waals surface area contributed by atoms with Crippen LogP contribution in [0.2, 0.25) is 0 Å². The fraction of sp³-hybridized carbons (Fsp3) is 0.778. The summed E-state index contributed by atoms with van der Waals surface area (Å²) in [5.74, 6) is 0.483. The summed E-state index contributed by atoms with van der Waals surface area (Å²) in [7, 11) is 0. The highest BCUT2D eigenvalue weighted by molar-refractivity contribution is 5.51. The van der Waals surface area contributed by atoms with Gasteiger partial charge in [-0.15, -0.1) is 0 Å². The van der Waals surface area contributed by atoms with Crippen molar-refractivity contribution in [1.29, 1.82) is 0 Å². The van der Waals surface area contributed by atoms with Gasteiger partial charge in [0.15, 0.2) is 17.5 Å². The van der Waals surface area contributed by atoms with Crippen LogP contribution in [-0.4, -0.2) is 41.6 Å². The number of nitrogens with one attached hydrogen (secondary N) is 1. The molecule has 78 valence electrons. The van der Waals surface area contributed by atoms with Gasteiger partial charge in [-0.05, 0) is 13.8 Å². The van der Waals surface area contributed by atoms with E-state index < -0.39 is 11.8 Å². The molecule has 5 nitrogen and oxygen atoms in total. The Labute approximate surface area is 81.7 Å². The lowest BCUT2D eigenvalue weighted by Gasteiger charge is -2.20. The molecule has 0 spiro atoms. The number of rotatable bonds is 1. The van der Waals surface area contributed by atoms with E-state index in [9.17, 15) is 9.90 Å². The molecule has 0 amide bonds. The van der Waals surface area contributed by atoms with Crippen LogP contribution < -0.4 is 5.32 Å². The lowest BCUT2D eigenvalue weighted by Crippen LogP contribution is -2.36. The lowest BCUT2D eigenvalue weighted by molar-refractivity contribution is -0.152. The fourth-order valence-electron chi connectivity index (χ4n) is 1.98. The summed E-state index contributed by atoms with van der Waals surface area (Å²) in [6, 6.07) is -0.487. The highest BCUT2D eigenvalue weighted by Crippen LogP contribution is 2.33. The summed E-state index contributed by atoms with van der Waals surface area (Å²) in [5.41, 5.74) is 0. The quantitative estimate of drug-likeness (QED) is 0.450. The lowest BCUT2D eigenvalue weighted by atomic mass is 10.1. The number of aliphatic hydroxyl groups excluding tert-OH is 1. The number of aliphatic hydroxyl groups is 1. The first-order valence-corrected chi connectivity index (χ1v) is 4.56. The minimum Gasteiger partial charge on any atom is -0.501 e. The average molecular weight is 199 g/mol. The van der Waals surface area contributed by atoms with E-state index in [1.165, 1.54) is 5.94 Å². The van der Waals surface area contributed by atoms with Crippen molar-refractivity contribution in [1.82, 2.24) is 5.32 Å². The Balaban J connectivity index is 2.16. The zero-order chi connectivity index (χ0) is 10.3. The Morgan fingerprint density at radius 2 is 2.29 bits per heavy atom. The zero-order valence-corrected chi connectivity index (χ0v) is 8.11. The Hall–Kier alpha value is -0.870. The topological polar surface area (TPSA) is 67.8 Å². The largest absolute Gasteiger partial charge is 0.501 e. The standard InChI is InChI=1S/C9H13NO4/c1-9(2)13-6-3-10-7(5(12)4-11)8(6)14-9/h6-8,10,12H,3H2,1-2H3.